The zero-order valence-corrected chi connectivity index (χ0v) is 13.6. The average molecular weight is 303 g/mol. The lowest BCUT2D eigenvalue weighted by molar-refractivity contribution is -0.112. The minimum Gasteiger partial charge on any atom is -0.444 e. The molecule has 0 radical (unpaired) electrons. The number of benzene rings is 1. The Kier molecular flexibility index (Phi) is 3.48. The number of piperidine rings is 2. The fraction of sp³-hybridized carbons (Fsp3) is 0.611. The normalized spacial score (nSPS) is 30.6. The third-order valence-electron chi connectivity index (χ3n) is 4.82. The van der Waals surface area contributed by atoms with Gasteiger partial charge in [0.05, 0.1) is 6.61 Å². The molecule has 2 aliphatic heterocycles. The molecule has 120 valence electrons. The number of hydrogen-bond acceptors (Lipinski definition) is 3. The van der Waals surface area contributed by atoms with E-state index < -0.39 is 5.60 Å². The SMILES string of the molecule is CC(C)(C)OC(=O)N1CC2(CO)CC(c3ccccc3)(C1)C2. The van der Waals surface area contributed by atoms with Crippen LogP contribution in [-0.2, 0) is 10.2 Å². The van der Waals surface area contributed by atoms with Crippen LogP contribution < -0.4 is 0 Å². The highest BCUT2D eigenvalue weighted by molar-refractivity contribution is 5.69. The molecule has 1 aliphatic carbocycles. The topological polar surface area (TPSA) is 49.8 Å². The fourth-order valence-corrected chi connectivity index (χ4v) is 4.14. The number of aliphatic hydroxyl groups is 1. The van der Waals surface area contributed by atoms with Gasteiger partial charge >= 0.3 is 6.09 Å². The molecule has 22 heavy (non-hydrogen) atoms. The Hall–Kier alpha value is -1.55. The molecular weight excluding hydrogens is 278 g/mol. The first-order valence-corrected chi connectivity index (χ1v) is 7.92. The Morgan fingerprint density at radius 3 is 2.41 bits per heavy atom. The quantitative estimate of drug-likeness (QED) is 0.914. The van der Waals surface area contributed by atoms with Gasteiger partial charge in [0.25, 0.3) is 0 Å². The molecule has 2 saturated heterocycles. The molecule has 3 fully saturated rings. The monoisotopic (exact) mass is 303 g/mol. The summed E-state index contributed by atoms with van der Waals surface area (Å²) in [6, 6.07) is 10.3. The summed E-state index contributed by atoms with van der Waals surface area (Å²) in [5.74, 6) is 0. The molecule has 3 aliphatic rings. The van der Waals surface area contributed by atoms with Gasteiger partial charge in [-0.2, -0.15) is 0 Å². The number of ether oxygens (including phenoxy) is 1. The van der Waals surface area contributed by atoms with Crippen LogP contribution in [0.15, 0.2) is 30.3 Å². The van der Waals surface area contributed by atoms with E-state index in [-0.39, 0.29) is 23.5 Å². The number of carbonyl (C=O) groups is 1. The van der Waals surface area contributed by atoms with Crippen molar-refractivity contribution in [3.63, 3.8) is 0 Å². The second-order valence-corrected chi connectivity index (χ2v) is 7.99. The van der Waals surface area contributed by atoms with Crippen LogP contribution in [0.4, 0.5) is 4.79 Å². The van der Waals surface area contributed by atoms with Gasteiger partial charge in [0.2, 0.25) is 0 Å². The van der Waals surface area contributed by atoms with E-state index in [2.05, 4.69) is 12.1 Å². The van der Waals surface area contributed by atoms with E-state index in [0.29, 0.717) is 13.1 Å². The lowest BCUT2D eigenvalue weighted by atomic mass is 9.48. The van der Waals surface area contributed by atoms with Gasteiger partial charge in [-0.25, -0.2) is 4.79 Å². The van der Waals surface area contributed by atoms with Crippen molar-refractivity contribution in [2.75, 3.05) is 19.7 Å². The van der Waals surface area contributed by atoms with Crippen molar-refractivity contribution in [2.24, 2.45) is 5.41 Å². The second-order valence-electron chi connectivity index (χ2n) is 7.99. The van der Waals surface area contributed by atoms with Crippen LogP contribution in [0.5, 0.6) is 0 Å². The van der Waals surface area contributed by atoms with Crippen LogP contribution in [-0.4, -0.2) is 41.4 Å². The van der Waals surface area contributed by atoms with Gasteiger partial charge in [0, 0.05) is 23.9 Å². The summed E-state index contributed by atoms with van der Waals surface area (Å²) in [5, 5.41) is 9.80. The standard InChI is InChI=1S/C18H25NO3/c1-16(2,3)22-15(21)19-11-17(13-20)9-18(10-17,12-19)14-7-5-4-6-8-14/h4-8,20H,9-13H2,1-3H3. The van der Waals surface area contributed by atoms with Gasteiger partial charge in [-0.1, -0.05) is 30.3 Å². The summed E-state index contributed by atoms with van der Waals surface area (Å²) in [6.45, 7) is 7.03. The van der Waals surface area contributed by atoms with Crippen LogP contribution >= 0.6 is 0 Å². The largest absolute Gasteiger partial charge is 0.444 e. The molecule has 1 amide bonds. The molecule has 1 N–H and O–H groups in total. The molecule has 2 heterocycles. The molecule has 0 spiro atoms. The molecule has 1 saturated carbocycles. The maximum absolute atomic E-state index is 12.4. The first kappa shape index (κ1) is 15.3. The van der Waals surface area contributed by atoms with Crippen molar-refractivity contribution in [1.82, 2.24) is 4.90 Å². The van der Waals surface area contributed by atoms with Gasteiger partial charge in [-0.3, -0.25) is 0 Å². The van der Waals surface area contributed by atoms with Crippen molar-refractivity contribution in [3.8, 4) is 0 Å². The van der Waals surface area contributed by atoms with E-state index in [1.807, 2.05) is 39.0 Å². The van der Waals surface area contributed by atoms with Gasteiger partial charge < -0.3 is 14.7 Å². The third kappa shape index (κ3) is 2.60. The number of hydrogen-bond donors (Lipinski definition) is 1. The van der Waals surface area contributed by atoms with E-state index >= 15 is 0 Å². The molecule has 1 aromatic carbocycles. The van der Waals surface area contributed by atoms with Crippen molar-refractivity contribution in [2.45, 2.75) is 44.6 Å². The molecule has 0 unspecified atom stereocenters. The predicted molar refractivity (Wildman–Crippen MR) is 84.7 cm³/mol. The molecule has 0 aromatic heterocycles. The van der Waals surface area contributed by atoms with Gasteiger partial charge in [0.1, 0.15) is 5.60 Å². The first-order valence-electron chi connectivity index (χ1n) is 7.92. The Morgan fingerprint density at radius 2 is 1.86 bits per heavy atom. The molecule has 4 rings (SSSR count). The molecule has 0 atom stereocenters. The zero-order valence-electron chi connectivity index (χ0n) is 13.6. The maximum Gasteiger partial charge on any atom is 0.410 e. The number of aliphatic hydroxyl groups excluding tert-OH is 1. The Morgan fingerprint density at radius 1 is 1.23 bits per heavy atom. The minimum absolute atomic E-state index is 0.0286. The first-order chi connectivity index (χ1) is 10.3. The molecule has 2 bridgehead atoms. The van der Waals surface area contributed by atoms with Gasteiger partial charge in [0.15, 0.2) is 0 Å². The average Bonchev–Trinajstić information content (AvgIpc) is 2.45. The van der Waals surface area contributed by atoms with Crippen LogP contribution in [0, 0.1) is 5.41 Å². The third-order valence-corrected chi connectivity index (χ3v) is 4.82. The van der Waals surface area contributed by atoms with Crippen LogP contribution in [0.2, 0.25) is 0 Å². The van der Waals surface area contributed by atoms with Crippen molar-refractivity contribution in [3.05, 3.63) is 35.9 Å². The smallest absolute Gasteiger partial charge is 0.410 e. The predicted octanol–water partition coefficient (Wildman–Crippen LogP) is 2.95. The van der Waals surface area contributed by atoms with Crippen LogP contribution in [0.1, 0.15) is 39.2 Å². The molecule has 4 nitrogen and oxygen atoms in total. The summed E-state index contributed by atoms with van der Waals surface area (Å²) in [6.07, 6.45) is 1.62. The van der Waals surface area contributed by atoms with E-state index in [9.17, 15) is 9.90 Å². The van der Waals surface area contributed by atoms with E-state index in [1.165, 1.54) is 5.56 Å². The van der Waals surface area contributed by atoms with Crippen molar-refractivity contribution < 1.29 is 14.6 Å². The number of amides is 1. The molecular formula is C18H25NO3. The van der Waals surface area contributed by atoms with Crippen molar-refractivity contribution >= 4 is 6.09 Å². The number of carbonyl (C=O) groups excluding carboxylic acids is 1. The summed E-state index contributed by atoms with van der Waals surface area (Å²) >= 11 is 0. The highest BCUT2D eigenvalue weighted by atomic mass is 16.6. The van der Waals surface area contributed by atoms with E-state index in [0.717, 1.165) is 12.8 Å². The number of rotatable bonds is 2. The van der Waals surface area contributed by atoms with Gasteiger partial charge in [-0.05, 0) is 39.2 Å². The Balaban J connectivity index is 1.83. The number of nitrogens with zero attached hydrogens (tertiary/aromatic N) is 1. The zero-order chi connectivity index (χ0) is 16.0. The summed E-state index contributed by atoms with van der Waals surface area (Å²) in [4.78, 5) is 14.2. The molecule has 1 aromatic rings. The fourth-order valence-electron chi connectivity index (χ4n) is 4.14. The lowest BCUT2D eigenvalue weighted by Crippen LogP contribution is -2.67. The van der Waals surface area contributed by atoms with E-state index in [4.69, 9.17) is 4.74 Å². The van der Waals surface area contributed by atoms with Crippen LogP contribution in [0.3, 0.4) is 0 Å². The lowest BCUT2D eigenvalue weighted by Gasteiger charge is -2.63. The molecule has 4 heteroatoms. The highest BCUT2D eigenvalue weighted by Crippen LogP contribution is 2.59. The summed E-state index contributed by atoms with van der Waals surface area (Å²) in [5.41, 5.74) is 0.571. The Bertz CT molecular complexity index is 555. The second kappa shape index (κ2) is 4.98. The summed E-state index contributed by atoms with van der Waals surface area (Å²) < 4.78 is 5.52. The van der Waals surface area contributed by atoms with Crippen LogP contribution in [0.25, 0.3) is 0 Å². The van der Waals surface area contributed by atoms with Crippen molar-refractivity contribution in [1.29, 1.82) is 0 Å². The number of fused-ring (bicyclic) bond motifs is 2. The van der Waals surface area contributed by atoms with E-state index in [1.54, 1.807) is 4.90 Å². The highest BCUT2D eigenvalue weighted by Gasteiger charge is 2.61. The maximum atomic E-state index is 12.4. The van der Waals surface area contributed by atoms with Gasteiger partial charge in [-0.15, -0.1) is 0 Å². The summed E-state index contributed by atoms with van der Waals surface area (Å²) in [7, 11) is 0. The Labute approximate surface area is 132 Å². The minimum atomic E-state index is -0.495.